The highest BCUT2D eigenvalue weighted by molar-refractivity contribution is 9.10. The van der Waals surface area contributed by atoms with Gasteiger partial charge in [-0.15, -0.1) is 0 Å². The van der Waals surface area contributed by atoms with Crippen LogP contribution in [0.2, 0.25) is 0 Å². The van der Waals surface area contributed by atoms with Crippen molar-refractivity contribution >= 4 is 28.5 Å². The zero-order valence-corrected chi connectivity index (χ0v) is 31.8. The van der Waals surface area contributed by atoms with E-state index < -0.39 is 7.12 Å². The van der Waals surface area contributed by atoms with Crippen molar-refractivity contribution in [3.63, 3.8) is 0 Å². The van der Waals surface area contributed by atoms with Gasteiger partial charge in [-0.05, 0) is 62.4 Å². The fourth-order valence-electron chi connectivity index (χ4n) is 5.12. The Balaban J connectivity index is 0.000000179. The summed E-state index contributed by atoms with van der Waals surface area (Å²) in [7, 11) is -1.40. The lowest BCUT2D eigenvalue weighted by Crippen LogP contribution is -2.29. The molecular weight excluding hydrogens is 783 g/mol. The molecule has 6 aromatic heterocycles. The molecule has 8 aromatic rings. The third-order valence-corrected chi connectivity index (χ3v) is 8.41. The van der Waals surface area contributed by atoms with Gasteiger partial charge >= 0.3 is 7.12 Å². The van der Waals surface area contributed by atoms with E-state index >= 15 is 0 Å². The normalized spacial score (nSPS) is 10.2. The molecule has 14 heteroatoms. The largest absolute Gasteiger partial charge is 0.490 e. The molecule has 8 rings (SSSR count). The summed E-state index contributed by atoms with van der Waals surface area (Å²) in [6.07, 6.45) is 17.7. The molecule has 0 aliphatic carbocycles. The maximum Gasteiger partial charge on any atom is 0.490 e. The van der Waals surface area contributed by atoms with E-state index in [-0.39, 0.29) is 7.43 Å². The SMILES string of the molecule is Brc1cnn(Cc2ccc(COc3ccccn3)cc2)c1.C.OB(O)c1cccnc1.c1ccc(OCc2ccc(Cn3cc(-c4cccnc4)cn3)cc2)nc1. The molecule has 0 aliphatic heterocycles. The second-order valence-electron chi connectivity index (χ2n) is 12.2. The Bertz CT molecular complexity index is 2300. The molecule has 2 aromatic carbocycles. The fraction of sp³-hybridized carbons (Fsp3) is 0.116. The molecule has 2 N–H and O–H groups in total. The van der Waals surface area contributed by atoms with Crippen LogP contribution in [0, 0.1) is 0 Å². The molecule has 0 amide bonds. The van der Waals surface area contributed by atoms with Crippen LogP contribution < -0.4 is 14.9 Å². The van der Waals surface area contributed by atoms with Crippen LogP contribution in [0.3, 0.4) is 0 Å². The maximum absolute atomic E-state index is 8.54. The van der Waals surface area contributed by atoms with Crippen LogP contribution in [0.25, 0.3) is 11.1 Å². The molecule has 0 aliphatic rings. The van der Waals surface area contributed by atoms with Gasteiger partial charge in [0.15, 0.2) is 0 Å². The minimum absolute atomic E-state index is 0. The van der Waals surface area contributed by atoms with Gasteiger partial charge in [0.2, 0.25) is 11.8 Å². The summed E-state index contributed by atoms with van der Waals surface area (Å²) in [6.45, 7) is 2.50. The Morgan fingerprint density at radius 1 is 0.526 bits per heavy atom. The van der Waals surface area contributed by atoms with E-state index in [1.54, 1.807) is 43.1 Å². The molecule has 12 nitrogen and oxygen atoms in total. The summed E-state index contributed by atoms with van der Waals surface area (Å²) in [6, 6.07) is 35.1. The summed E-state index contributed by atoms with van der Waals surface area (Å²) < 4.78 is 16.1. The molecule has 0 saturated heterocycles. The maximum atomic E-state index is 8.54. The number of benzene rings is 2. The van der Waals surface area contributed by atoms with Crippen LogP contribution >= 0.6 is 15.9 Å². The van der Waals surface area contributed by atoms with E-state index in [4.69, 9.17) is 19.5 Å². The summed E-state index contributed by atoms with van der Waals surface area (Å²) in [4.78, 5) is 16.1. The van der Waals surface area contributed by atoms with Gasteiger partial charge in [0.05, 0.1) is 30.0 Å². The van der Waals surface area contributed by atoms with Crippen LogP contribution in [0.4, 0.5) is 0 Å². The molecular formula is C43H42BBrN8O4. The predicted molar refractivity (Wildman–Crippen MR) is 224 cm³/mol. The first-order valence-electron chi connectivity index (χ1n) is 17.6. The van der Waals surface area contributed by atoms with Gasteiger partial charge in [-0.2, -0.15) is 10.2 Å². The summed E-state index contributed by atoms with van der Waals surface area (Å²) in [5.41, 5.74) is 7.17. The fourth-order valence-corrected chi connectivity index (χ4v) is 5.45. The quantitative estimate of drug-likeness (QED) is 0.123. The molecule has 0 unspecified atom stereocenters. The van der Waals surface area contributed by atoms with Crippen LogP contribution in [-0.2, 0) is 26.3 Å². The summed E-state index contributed by atoms with van der Waals surface area (Å²) in [5.74, 6) is 1.28. The monoisotopic (exact) mass is 824 g/mol. The molecule has 57 heavy (non-hydrogen) atoms. The highest BCUT2D eigenvalue weighted by Crippen LogP contribution is 2.18. The van der Waals surface area contributed by atoms with Crippen LogP contribution in [0.5, 0.6) is 11.8 Å². The molecule has 0 radical (unpaired) electrons. The van der Waals surface area contributed by atoms with Crippen molar-refractivity contribution in [2.24, 2.45) is 0 Å². The average molecular weight is 826 g/mol. The topological polar surface area (TPSA) is 146 Å². The van der Waals surface area contributed by atoms with Gasteiger partial charge in [0, 0.05) is 78.3 Å². The van der Waals surface area contributed by atoms with E-state index in [9.17, 15) is 0 Å². The van der Waals surface area contributed by atoms with E-state index in [2.05, 4.69) is 94.6 Å². The molecule has 0 bridgehead atoms. The zero-order chi connectivity index (χ0) is 38.8. The Labute approximate surface area is 340 Å². The van der Waals surface area contributed by atoms with Crippen molar-refractivity contribution in [1.82, 2.24) is 39.5 Å². The minimum atomic E-state index is -1.40. The molecule has 288 valence electrons. The molecule has 0 fully saturated rings. The van der Waals surface area contributed by atoms with Crippen molar-refractivity contribution in [3.8, 4) is 22.9 Å². The first kappa shape index (κ1) is 41.7. The van der Waals surface area contributed by atoms with Crippen molar-refractivity contribution in [3.05, 3.63) is 198 Å². The van der Waals surface area contributed by atoms with Crippen molar-refractivity contribution in [2.45, 2.75) is 33.7 Å². The number of aromatic nitrogens is 8. The summed E-state index contributed by atoms with van der Waals surface area (Å²) in [5, 5.41) is 25.8. The number of nitrogens with zero attached hydrogens (tertiary/aromatic N) is 8. The third-order valence-electron chi connectivity index (χ3n) is 8.00. The van der Waals surface area contributed by atoms with E-state index in [1.807, 2.05) is 82.7 Å². The van der Waals surface area contributed by atoms with Crippen LogP contribution in [-0.4, -0.2) is 56.7 Å². The minimum Gasteiger partial charge on any atom is -0.473 e. The van der Waals surface area contributed by atoms with Gasteiger partial charge in [-0.1, -0.05) is 80.2 Å². The van der Waals surface area contributed by atoms with Crippen molar-refractivity contribution in [1.29, 1.82) is 0 Å². The highest BCUT2D eigenvalue weighted by atomic mass is 79.9. The van der Waals surface area contributed by atoms with Gasteiger partial charge in [0.1, 0.15) is 13.2 Å². The van der Waals surface area contributed by atoms with E-state index in [1.165, 1.54) is 17.3 Å². The first-order chi connectivity index (χ1) is 27.5. The summed E-state index contributed by atoms with van der Waals surface area (Å²) >= 11 is 3.39. The van der Waals surface area contributed by atoms with E-state index in [0.29, 0.717) is 30.4 Å². The van der Waals surface area contributed by atoms with Crippen molar-refractivity contribution in [2.75, 3.05) is 0 Å². The number of hydrogen-bond donors (Lipinski definition) is 2. The highest BCUT2D eigenvalue weighted by Gasteiger charge is 2.08. The Kier molecular flexibility index (Phi) is 16.2. The standard InChI is InChI=1S/C21H18N4O.C16H14BrN3O.C5H6BNO2.CH4/c1-2-11-23-21(5-1)26-16-18-8-6-17(7-9-18)14-25-15-20(13-24-25)19-4-3-10-22-12-19;17-15-9-19-20(11-15)10-13-4-6-14(7-5-13)12-21-16-3-1-2-8-18-16;8-6(9)5-2-1-3-7-4-5;/h1-13,15H,14,16H2;1-9,11H,10,12H2;1-4,8-9H;1H4. The molecule has 0 atom stereocenters. The van der Waals surface area contributed by atoms with E-state index in [0.717, 1.165) is 39.8 Å². The van der Waals surface area contributed by atoms with Crippen molar-refractivity contribution < 1.29 is 19.5 Å². The second kappa shape index (κ2) is 22.2. The lowest BCUT2D eigenvalue weighted by molar-refractivity contribution is 0.294. The van der Waals surface area contributed by atoms with Gasteiger partial charge in [-0.3, -0.25) is 19.3 Å². The molecule has 0 saturated carbocycles. The second-order valence-corrected chi connectivity index (χ2v) is 13.1. The van der Waals surface area contributed by atoms with Gasteiger partial charge in [-0.25, -0.2) is 9.97 Å². The smallest absolute Gasteiger partial charge is 0.473 e. The number of pyridine rings is 4. The molecule has 0 spiro atoms. The molecule has 6 heterocycles. The predicted octanol–water partition coefficient (Wildman–Crippen LogP) is 7.03. The first-order valence-corrected chi connectivity index (χ1v) is 18.4. The van der Waals surface area contributed by atoms with Crippen LogP contribution in [0.1, 0.15) is 29.7 Å². The Morgan fingerprint density at radius 3 is 1.49 bits per heavy atom. The lowest BCUT2D eigenvalue weighted by atomic mass is 9.82. The van der Waals surface area contributed by atoms with Gasteiger partial charge < -0.3 is 19.5 Å². The van der Waals surface area contributed by atoms with Gasteiger partial charge in [0.25, 0.3) is 0 Å². The Morgan fingerprint density at radius 2 is 1.05 bits per heavy atom. The van der Waals surface area contributed by atoms with Crippen LogP contribution in [0.15, 0.2) is 176 Å². The number of rotatable bonds is 12. The third kappa shape index (κ3) is 14.0. The average Bonchev–Trinajstić information content (AvgIpc) is 3.90. The number of hydrogen-bond acceptors (Lipinski definition) is 10. The zero-order valence-electron chi connectivity index (χ0n) is 30.2. The lowest BCUT2D eigenvalue weighted by Gasteiger charge is -2.06. The number of ether oxygens (including phenoxy) is 2. The Hall–Kier alpha value is -6.48. The number of halogens is 1.